The van der Waals surface area contributed by atoms with Gasteiger partial charge in [0.1, 0.15) is 0 Å². The molecule has 0 spiro atoms. The second-order valence-corrected chi connectivity index (χ2v) is 4.09. The van der Waals surface area contributed by atoms with Crippen LogP contribution < -0.4 is 0 Å². The van der Waals surface area contributed by atoms with Gasteiger partial charge in [0, 0.05) is 0 Å². The standard InChI is InChI=1S/2CH3.Hf.H2O/h2*1H3;;1H2. The first-order valence-electron chi connectivity index (χ1n) is 1.00. The van der Waals surface area contributed by atoms with Gasteiger partial charge in [-0.2, -0.15) is 0 Å². The van der Waals surface area contributed by atoms with Crippen LogP contribution in [0.25, 0.3) is 0 Å². The minimum absolute atomic E-state index is 0. The van der Waals surface area contributed by atoms with E-state index in [1.807, 2.05) is 0 Å². The van der Waals surface area contributed by atoms with Gasteiger partial charge in [0.2, 0.25) is 0 Å². The van der Waals surface area contributed by atoms with E-state index in [2.05, 4.69) is 9.36 Å². The van der Waals surface area contributed by atoms with Crippen LogP contribution in [0.1, 0.15) is 0 Å². The van der Waals surface area contributed by atoms with Crippen LogP contribution in [0.3, 0.4) is 0 Å². The second kappa shape index (κ2) is 9.16. The van der Waals surface area contributed by atoms with Gasteiger partial charge in [-0.15, -0.1) is 0 Å². The molecule has 0 aliphatic heterocycles. The molecule has 0 heterocycles. The average Bonchev–Trinajstić information content (AvgIpc) is 0.918. The number of hydrogen-bond acceptors (Lipinski definition) is 0. The van der Waals surface area contributed by atoms with Crippen molar-refractivity contribution in [2.45, 2.75) is 9.36 Å². The maximum atomic E-state index is 2.32. The molecule has 0 unspecified atom stereocenters. The second-order valence-electron chi connectivity index (χ2n) is 0.500. The predicted octanol–water partition coefficient (Wildman–Crippen LogP) is 0.340. The number of rotatable bonds is 0. The first-order valence-corrected chi connectivity index (χ1v) is 8.19. The summed E-state index contributed by atoms with van der Waals surface area (Å²) < 4.78 is 4.64. The topological polar surface area (TPSA) is 31.5 Å². The quantitative estimate of drug-likeness (QED) is 0.534. The van der Waals surface area contributed by atoms with Crippen molar-refractivity contribution in [1.82, 2.24) is 0 Å². The Hall–Kier alpha value is 0.830. The third-order valence-electron chi connectivity index (χ3n) is 0. The van der Waals surface area contributed by atoms with Crippen LogP contribution in [0.15, 0.2) is 0 Å². The van der Waals surface area contributed by atoms with Gasteiger partial charge >= 0.3 is 32.3 Å². The van der Waals surface area contributed by atoms with Gasteiger partial charge in [-0.1, -0.05) is 0 Å². The molecule has 0 aliphatic carbocycles. The molecular weight excluding hydrogens is 219 g/mol. The molecule has 0 rings (SSSR count). The summed E-state index contributed by atoms with van der Waals surface area (Å²) in [5, 5.41) is 0. The Kier molecular flexibility index (Phi) is 20.3. The SMILES string of the molecule is O.[CH3][Hf][CH3]. The van der Waals surface area contributed by atoms with Crippen molar-refractivity contribution < 1.29 is 28.4 Å². The fraction of sp³-hybridized carbons (Fsp3) is 1.00. The van der Waals surface area contributed by atoms with Crippen LogP contribution >= 0.6 is 0 Å². The molecule has 1 nitrogen and oxygen atoms in total. The summed E-state index contributed by atoms with van der Waals surface area (Å²) in [7, 11) is 0. The zero-order chi connectivity index (χ0) is 2.71. The molecular formula is C2H8HfO. The molecule has 2 N–H and O–H groups in total. The van der Waals surface area contributed by atoms with E-state index in [-0.39, 0.29) is 28.4 Å². The monoisotopic (exact) mass is 228 g/mol. The molecule has 0 aromatic heterocycles. The van der Waals surface area contributed by atoms with E-state index in [0.29, 0.717) is 0 Å². The molecule has 0 aromatic carbocycles. The molecule has 0 fully saturated rings. The van der Waals surface area contributed by atoms with E-state index < -0.39 is 0 Å². The van der Waals surface area contributed by atoms with Gasteiger partial charge in [0.25, 0.3) is 0 Å². The molecule has 0 bridgehead atoms. The molecule has 0 aromatic rings. The van der Waals surface area contributed by atoms with E-state index in [9.17, 15) is 0 Å². The van der Waals surface area contributed by atoms with Gasteiger partial charge in [-0.3, -0.25) is 0 Å². The fourth-order valence-corrected chi connectivity index (χ4v) is 0. The Balaban J connectivity index is 0. The van der Waals surface area contributed by atoms with Crippen LogP contribution in [0, 0.1) is 0 Å². The van der Waals surface area contributed by atoms with Crippen LogP contribution in [-0.4, -0.2) is 5.48 Å². The van der Waals surface area contributed by atoms with Gasteiger partial charge in [0.15, 0.2) is 0 Å². The summed E-state index contributed by atoms with van der Waals surface area (Å²) in [6.07, 6.45) is 0. The Morgan fingerprint density at radius 2 is 1.25 bits per heavy atom. The Morgan fingerprint density at radius 3 is 1.25 bits per heavy atom. The molecule has 0 aliphatic rings. The van der Waals surface area contributed by atoms with E-state index in [1.54, 1.807) is 0 Å². The summed E-state index contributed by atoms with van der Waals surface area (Å²) in [5.74, 6) is 0. The third-order valence-corrected chi connectivity index (χ3v) is 0. The summed E-state index contributed by atoms with van der Waals surface area (Å²) in [6.45, 7) is 0. The maximum absolute atomic E-state index is 2.32. The minimum atomic E-state index is 0. The average molecular weight is 227 g/mol. The van der Waals surface area contributed by atoms with E-state index in [0.717, 1.165) is 0 Å². The predicted molar refractivity (Wildman–Crippen MR) is 15.3 cm³/mol. The number of hydrogen-bond donors (Lipinski definition) is 0. The molecule has 0 saturated carbocycles. The Bertz CT molecular complexity index is 6.00. The third kappa shape index (κ3) is 13.8. The van der Waals surface area contributed by atoms with Crippen molar-refractivity contribution in [2.24, 2.45) is 0 Å². The van der Waals surface area contributed by atoms with Crippen LogP contribution in [0.2, 0.25) is 9.36 Å². The molecule has 26 valence electrons. The van der Waals surface area contributed by atoms with Crippen LogP contribution in [-0.2, 0) is 22.9 Å². The summed E-state index contributed by atoms with van der Waals surface area (Å²) in [5.41, 5.74) is 0. The van der Waals surface area contributed by atoms with E-state index in [1.165, 1.54) is 0 Å². The van der Waals surface area contributed by atoms with Gasteiger partial charge in [-0.05, 0) is 0 Å². The van der Waals surface area contributed by atoms with Crippen LogP contribution in [0.5, 0.6) is 0 Å². The molecule has 4 heavy (non-hydrogen) atoms. The van der Waals surface area contributed by atoms with Crippen molar-refractivity contribution in [2.75, 3.05) is 0 Å². The van der Waals surface area contributed by atoms with Crippen molar-refractivity contribution in [1.29, 1.82) is 0 Å². The van der Waals surface area contributed by atoms with Gasteiger partial charge in [-0.25, -0.2) is 0 Å². The van der Waals surface area contributed by atoms with Gasteiger partial charge in [0.05, 0.1) is 0 Å². The molecule has 2 heteroatoms. The molecule has 0 radical (unpaired) electrons. The molecule has 0 atom stereocenters. The van der Waals surface area contributed by atoms with E-state index >= 15 is 0 Å². The van der Waals surface area contributed by atoms with Crippen molar-refractivity contribution >= 4 is 0 Å². The summed E-state index contributed by atoms with van der Waals surface area (Å²) >= 11 is 0.0833. The van der Waals surface area contributed by atoms with E-state index in [4.69, 9.17) is 0 Å². The Labute approximate surface area is 38.1 Å². The first-order chi connectivity index (χ1) is 1.41. The molecule has 0 saturated heterocycles. The van der Waals surface area contributed by atoms with Crippen LogP contribution in [0.4, 0.5) is 0 Å². The van der Waals surface area contributed by atoms with Gasteiger partial charge < -0.3 is 5.48 Å². The van der Waals surface area contributed by atoms with Crippen molar-refractivity contribution in [3.05, 3.63) is 0 Å². The first kappa shape index (κ1) is 8.85. The summed E-state index contributed by atoms with van der Waals surface area (Å²) in [4.78, 5) is 0. The molecule has 0 amide bonds. The zero-order valence-electron chi connectivity index (χ0n) is 3.00. The summed E-state index contributed by atoms with van der Waals surface area (Å²) in [6, 6.07) is 0. The normalized spacial score (nSPS) is 3.50. The fourth-order valence-electron chi connectivity index (χ4n) is 0. The Morgan fingerprint density at radius 1 is 1.25 bits per heavy atom. The van der Waals surface area contributed by atoms with Crippen molar-refractivity contribution in [3.63, 3.8) is 0 Å². The van der Waals surface area contributed by atoms with Crippen molar-refractivity contribution in [3.8, 4) is 0 Å². The zero-order valence-corrected chi connectivity index (χ0v) is 6.59.